The van der Waals surface area contributed by atoms with E-state index in [-0.39, 0.29) is 0 Å². The molecule has 0 aliphatic heterocycles. The van der Waals surface area contributed by atoms with E-state index in [2.05, 4.69) is 4.98 Å². The Morgan fingerprint density at radius 2 is 1.94 bits per heavy atom. The van der Waals surface area contributed by atoms with Crippen LogP contribution < -0.4 is 0 Å². The maximum absolute atomic E-state index is 10.2. The number of aryl methyl sites for hydroxylation is 1. The molecule has 2 aromatic rings. The van der Waals surface area contributed by atoms with Gasteiger partial charge in [-0.15, -0.1) is 0 Å². The molecule has 17 heavy (non-hydrogen) atoms. The summed E-state index contributed by atoms with van der Waals surface area (Å²) in [5.41, 5.74) is 3.01. The van der Waals surface area contributed by atoms with Crippen molar-refractivity contribution in [1.29, 1.82) is 0 Å². The lowest BCUT2D eigenvalue weighted by atomic mass is 9.98. The molecule has 0 aliphatic rings. The second kappa shape index (κ2) is 5.30. The summed E-state index contributed by atoms with van der Waals surface area (Å²) in [4.78, 5) is 3.96. The minimum atomic E-state index is -0.505. The van der Waals surface area contributed by atoms with Crippen LogP contribution in [0.15, 0.2) is 42.7 Å². The van der Waals surface area contributed by atoms with E-state index >= 15 is 0 Å². The maximum atomic E-state index is 10.2. The van der Waals surface area contributed by atoms with E-state index in [0.29, 0.717) is 11.4 Å². The number of hydrogen-bond donors (Lipinski definition) is 1. The first-order valence-corrected chi connectivity index (χ1v) is 5.87. The number of aromatic nitrogens is 1. The Bertz CT molecular complexity index is 499. The van der Waals surface area contributed by atoms with E-state index < -0.39 is 6.10 Å². The first kappa shape index (κ1) is 12.1. The average molecular weight is 248 g/mol. The van der Waals surface area contributed by atoms with E-state index in [0.717, 1.165) is 16.7 Å². The first-order chi connectivity index (χ1) is 8.16. The molecule has 1 unspecified atom stereocenters. The summed E-state index contributed by atoms with van der Waals surface area (Å²) in [5.74, 6) is 0. The van der Waals surface area contributed by atoms with Crippen LogP contribution in [0.3, 0.4) is 0 Å². The van der Waals surface area contributed by atoms with Crippen LogP contribution in [0.4, 0.5) is 0 Å². The van der Waals surface area contributed by atoms with Crippen molar-refractivity contribution in [3.8, 4) is 0 Å². The lowest BCUT2D eigenvalue weighted by molar-refractivity contribution is 0.177. The van der Waals surface area contributed by atoms with Gasteiger partial charge in [0.05, 0.1) is 6.10 Å². The van der Waals surface area contributed by atoms with E-state index in [1.807, 2.05) is 31.2 Å². The molecule has 1 heterocycles. The summed E-state index contributed by atoms with van der Waals surface area (Å²) < 4.78 is 0. The Labute approximate surface area is 106 Å². The zero-order chi connectivity index (χ0) is 12.3. The second-order valence-corrected chi connectivity index (χ2v) is 4.51. The number of nitrogens with zero attached hydrogens (tertiary/aromatic N) is 1. The van der Waals surface area contributed by atoms with Gasteiger partial charge in [0.25, 0.3) is 0 Å². The van der Waals surface area contributed by atoms with Gasteiger partial charge in [0, 0.05) is 23.8 Å². The fraction of sp³-hybridized carbons (Fsp3) is 0.214. The van der Waals surface area contributed by atoms with Crippen LogP contribution in [0.25, 0.3) is 0 Å². The summed E-state index contributed by atoms with van der Waals surface area (Å²) >= 11 is 5.89. The van der Waals surface area contributed by atoms with Crippen LogP contribution in [0, 0.1) is 6.92 Å². The van der Waals surface area contributed by atoms with Crippen molar-refractivity contribution in [2.24, 2.45) is 0 Å². The van der Waals surface area contributed by atoms with E-state index in [1.165, 1.54) is 0 Å². The molecule has 0 aliphatic carbocycles. The Morgan fingerprint density at radius 1 is 1.24 bits per heavy atom. The summed E-state index contributed by atoms with van der Waals surface area (Å²) in [6, 6.07) is 9.37. The third-order valence-electron chi connectivity index (χ3n) is 2.77. The molecule has 0 spiro atoms. The molecule has 1 aromatic heterocycles. The summed E-state index contributed by atoms with van der Waals surface area (Å²) in [5, 5.41) is 10.9. The molecule has 3 heteroatoms. The van der Waals surface area contributed by atoms with Crippen LogP contribution in [0.5, 0.6) is 0 Å². The van der Waals surface area contributed by atoms with Gasteiger partial charge < -0.3 is 5.11 Å². The number of halogens is 1. The molecule has 0 saturated carbocycles. The average Bonchev–Trinajstić information content (AvgIpc) is 2.30. The van der Waals surface area contributed by atoms with Crippen molar-refractivity contribution >= 4 is 11.6 Å². The van der Waals surface area contributed by atoms with Crippen molar-refractivity contribution in [2.75, 3.05) is 0 Å². The SMILES string of the molecule is Cc1cc(Cl)ccc1C(O)Cc1ccncc1. The molecule has 0 amide bonds. The molecule has 1 N–H and O–H groups in total. The molecular weight excluding hydrogens is 234 g/mol. The predicted molar refractivity (Wildman–Crippen MR) is 69.1 cm³/mol. The van der Waals surface area contributed by atoms with Gasteiger partial charge in [-0.25, -0.2) is 0 Å². The lowest BCUT2D eigenvalue weighted by Gasteiger charge is -2.14. The third kappa shape index (κ3) is 3.05. The van der Waals surface area contributed by atoms with Gasteiger partial charge in [0.15, 0.2) is 0 Å². The highest BCUT2D eigenvalue weighted by Crippen LogP contribution is 2.23. The number of benzene rings is 1. The molecular formula is C14H14ClNO. The lowest BCUT2D eigenvalue weighted by Crippen LogP contribution is -2.03. The number of aliphatic hydroxyl groups excluding tert-OH is 1. The standard InChI is InChI=1S/C14H14ClNO/c1-10-8-12(15)2-3-13(10)14(17)9-11-4-6-16-7-5-11/h2-8,14,17H,9H2,1H3. The number of pyridine rings is 1. The Kier molecular flexibility index (Phi) is 3.77. The summed E-state index contributed by atoms with van der Waals surface area (Å²) in [7, 11) is 0. The van der Waals surface area contributed by atoms with E-state index in [1.54, 1.807) is 18.5 Å². The fourth-order valence-electron chi connectivity index (χ4n) is 1.87. The van der Waals surface area contributed by atoms with Crippen LogP contribution in [-0.4, -0.2) is 10.1 Å². The Balaban J connectivity index is 2.17. The first-order valence-electron chi connectivity index (χ1n) is 5.50. The largest absolute Gasteiger partial charge is 0.388 e. The van der Waals surface area contributed by atoms with Crippen LogP contribution in [-0.2, 0) is 6.42 Å². The van der Waals surface area contributed by atoms with Crippen molar-refractivity contribution in [1.82, 2.24) is 4.98 Å². The number of rotatable bonds is 3. The highest BCUT2D eigenvalue weighted by atomic mass is 35.5. The minimum absolute atomic E-state index is 0.505. The zero-order valence-corrected chi connectivity index (χ0v) is 10.4. The third-order valence-corrected chi connectivity index (χ3v) is 3.00. The van der Waals surface area contributed by atoms with Gasteiger partial charge >= 0.3 is 0 Å². The van der Waals surface area contributed by atoms with E-state index in [9.17, 15) is 5.11 Å². The monoisotopic (exact) mass is 247 g/mol. The van der Waals surface area contributed by atoms with Gasteiger partial charge in [-0.2, -0.15) is 0 Å². The normalized spacial score (nSPS) is 12.4. The van der Waals surface area contributed by atoms with Gasteiger partial charge in [-0.05, 0) is 47.9 Å². The van der Waals surface area contributed by atoms with Crippen LogP contribution >= 0.6 is 11.6 Å². The highest BCUT2D eigenvalue weighted by Gasteiger charge is 2.11. The molecule has 1 atom stereocenters. The van der Waals surface area contributed by atoms with E-state index in [4.69, 9.17) is 11.6 Å². The van der Waals surface area contributed by atoms with Gasteiger partial charge in [0.1, 0.15) is 0 Å². The van der Waals surface area contributed by atoms with Crippen LogP contribution in [0.1, 0.15) is 22.8 Å². The van der Waals surface area contributed by atoms with Gasteiger partial charge in [0.2, 0.25) is 0 Å². The predicted octanol–water partition coefficient (Wildman–Crippen LogP) is 3.32. The number of aliphatic hydroxyl groups is 1. The smallest absolute Gasteiger partial charge is 0.0832 e. The Hall–Kier alpha value is -1.38. The Morgan fingerprint density at radius 3 is 2.59 bits per heavy atom. The summed E-state index contributed by atoms with van der Waals surface area (Å²) in [6.45, 7) is 1.96. The minimum Gasteiger partial charge on any atom is -0.388 e. The molecule has 0 bridgehead atoms. The second-order valence-electron chi connectivity index (χ2n) is 4.08. The fourth-order valence-corrected chi connectivity index (χ4v) is 2.09. The molecule has 2 nitrogen and oxygen atoms in total. The number of hydrogen-bond acceptors (Lipinski definition) is 2. The molecule has 88 valence electrons. The molecule has 0 saturated heterocycles. The van der Waals surface area contributed by atoms with Crippen molar-refractivity contribution in [2.45, 2.75) is 19.4 Å². The van der Waals surface area contributed by atoms with Gasteiger partial charge in [-0.1, -0.05) is 17.7 Å². The maximum Gasteiger partial charge on any atom is 0.0832 e. The summed E-state index contributed by atoms with van der Waals surface area (Å²) in [6.07, 6.45) is 3.55. The topological polar surface area (TPSA) is 33.1 Å². The van der Waals surface area contributed by atoms with Crippen molar-refractivity contribution in [3.05, 3.63) is 64.4 Å². The molecule has 0 radical (unpaired) electrons. The van der Waals surface area contributed by atoms with Crippen molar-refractivity contribution in [3.63, 3.8) is 0 Å². The molecule has 0 fully saturated rings. The highest BCUT2D eigenvalue weighted by molar-refractivity contribution is 6.30. The quantitative estimate of drug-likeness (QED) is 0.903. The zero-order valence-electron chi connectivity index (χ0n) is 9.60. The van der Waals surface area contributed by atoms with Crippen molar-refractivity contribution < 1.29 is 5.11 Å². The molecule has 2 rings (SSSR count). The van der Waals surface area contributed by atoms with Gasteiger partial charge in [-0.3, -0.25) is 4.98 Å². The molecule has 1 aromatic carbocycles. The van der Waals surface area contributed by atoms with Crippen LogP contribution in [0.2, 0.25) is 5.02 Å².